The second kappa shape index (κ2) is 6.76. The van der Waals surface area contributed by atoms with Crippen LogP contribution in [0.15, 0.2) is 91.0 Å². The van der Waals surface area contributed by atoms with Crippen molar-refractivity contribution >= 4 is 17.4 Å². The van der Waals surface area contributed by atoms with Crippen molar-refractivity contribution in [3.8, 4) is 0 Å². The van der Waals surface area contributed by atoms with Crippen LogP contribution in [0.25, 0.3) is 0 Å². The molecule has 0 saturated carbocycles. The van der Waals surface area contributed by atoms with Gasteiger partial charge < -0.3 is 0 Å². The van der Waals surface area contributed by atoms with Gasteiger partial charge in [0, 0.05) is 0 Å². The molecule has 1 N–H and O–H groups in total. The lowest BCUT2D eigenvalue weighted by molar-refractivity contribution is 0.229. The molecule has 1 aliphatic heterocycles. The summed E-state index contributed by atoms with van der Waals surface area (Å²) in [6.45, 7) is 0. The molecule has 5 heteroatoms. The monoisotopic (exact) mass is 329 g/mol. The number of nitrogens with one attached hydrogen (secondary N) is 1. The molecule has 1 unspecified atom stereocenters. The SMILES string of the molecule is O=C1N(c2ccccc2)[N]C(c2ccccc2)NN1c1ccccc1. The molecule has 0 bridgehead atoms. The third-order valence-corrected chi connectivity index (χ3v) is 3.99. The largest absolute Gasteiger partial charge is 0.359 e. The van der Waals surface area contributed by atoms with E-state index in [1.54, 1.807) is 0 Å². The number of carbonyl (C=O) groups excluding carboxylic acids is 1. The van der Waals surface area contributed by atoms with E-state index in [1.807, 2.05) is 91.0 Å². The molecule has 1 aliphatic rings. The lowest BCUT2D eigenvalue weighted by atomic mass is 10.2. The van der Waals surface area contributed by atoms with Gasteiger partial charge in [-0.2, -0.15) is 0 Å². The first kappa shape index (κ1) is 15.4. The molecule has 0 spiro atoms. The molecule has 1 saturated heterocycles. The average Bonchev–Trinajstić information content (AvgIpc) is 2.70. The maximum atomic E-state index is 13.0. The van der Waals surface area contributed by atoms with Crippen LogP contribution in [-0.2, 0) is 0 Å². The molecule has 1 atom stereocenters. The lowest BCUT2D eigenvalue weighted by Gasteiger charge is -2.39. The van der Waals surface area contributed by atoms with E-state index >= 15 is 0 Å². The number of benzene rings is 3. The molecule has 5 nitrogen and oxygen atoms in total. The first-order chi connectivity index (χ1) is 12.3. The Labute approximate surface area is 146 Å². The molecule has 0 aliphatic carbocycles. The molecule has 123 valence electrons. The molecule has 1 fully saturated rings. The summed E-state index contributed by atoms with van der Waals surface area (Å²) in [5, 5.41) is 2.98. The first-order valence-electron chi connectivity index (χ1n) is 8.09. The highest BCUT2D eigenvalue weighted by molar-refractivity contribution is 6.03. The summed E-state index contributed by atoms with van der Waals surface area (Å²) >= 11 is 0. The summed E-state index contributed by atoms with van der Waals surface area (Å²) in [5.74, 6) is 0. The van der Waals surface area contributed by atoms with E-state index in [-0.39, 0.29) is 12.2 Å². The molecular formula is C20H17N4O. The Morgan fingerprint density at radius 2 is 1.24 bits per heavy atom. The van der Waals surface area contributed by atoms with Gasteiger partial charge in [-0.1, -0.05) is 66.7 Å². The number of carbonyl (C=O) groups is 1. The number of hydrogen-bond donors (Lipinski definition) is 1. The Kier molecular flexibility index (Phi) is 4.16. The van der Waals surface area contributed by atoms with Crippen LogP contribution < -0.4 is 20.9 Å². The first-order valence-corrected chi connectivity index (χ1v) is 8.09. The quantitative estimate of drug-likeness (QED) is 0.793. The van der Waals surface area contributed by atoms with Gasteiger partial charge in [0.2, 0.25) is 0 Å². The van der Waals surface area contributed by atoms with Gasteiger partial charge in [-0.05, 0) is 29.8 Å². The smallest absolute Gasteiger partial charge is 0.245 e. The van der Waals surface area contributed by atoms with E-state index in [0.29, 0.717) is 0 Å². The molecule has 4 rings (SSSR count). The maximum Gasteiger partial charge on any atom is 0.359 e. The molecule has 3 aromatic carbocycles. The van der Waals surface area contributed by atoms with Crippen LogP contribution in [0.4, 0.5) is 16.2 Å². The van der Waals surface area contributed by atoms with Crippen LogP contribution in [0, 0.1) is 0 Å². The lowest BCUT2D eigenvalue weighted by Crippen LogP contribution is -2.62. The van der Waals surface area contributed by atoms with Gasteiger partial charge in [0.15, 0.2) is 0 Å². The molecule has 1 heterocycles. The zero-order chi connectivity index (χ0) is 17.1. The van der Waals surface area contributed by atoms with E-state index in [2.05, 4.69) is 10.9 Å². The van der Waals surface area contributed by atoms with Gasteiger partial charge in [-0.15, -0.1) is 5.43 Å². The van der Waals surface area contributed by atoms with Gasteiger partial charge in [-0.25, -0.2) is 20.2 Å². The molecule has 3 aromatic rings. The summed E-state index contributed by atoms with van der Waals surface area (Å²) in [6.07, 6.45) is -0.362. The van der Waals surface area contributed by atoms with Crippen molar-refractivity contribution in [3.05, 3.63) is 96.6 Å². The second-order valence-electron chi connectivity index (χ2n) is 5.66. The molecule has 1 radical (unpaired) electrons. The fourth-order valence-corrected chi connectivity index (χ4v) is 2.75. The van der Waals surface area contributed by atoms with Gasteiger partial charge >= 0.3 is 6.03 Å². The summed E-state index contributed by atoms with van der Waals surface area (Å²) in [7, 11) is 0. The maximum absolute atomic E-state index is 13.0. The Morgan fingerprint density at radius 3 is 1.84 bits per heavy atom. The van der Waals surface area contributed by atoms with E-state index in [4.69, 9.17) is 0 Å². The highest BCUT2D eigenvalue weighted by Gasteiger charge is 2.35. The van der Waals surface area contributed by atoms with E-state index in [0.717, 1.165) is 16.9 Å². The van der Waals surface area contributed by atoms with E-state index in [1.165, 1.54) is 10.0 Å². The van der Waals surface area contributed by atoms with Crippen molar-refractivity contribution < 1.29 is 4.79 Å². The van der Waals surface area contributed by atoms with Gasteiger partial charge in [0.25, 0.3) is 0 Å². The Balaban J connectivity index is 1.73. The van der Waals surface area contributed by atoms with Gasteiger partial charge in [0.1, 0.15) is 6.17 Å². The number of hydrazine groups is 1. The summed E-state index contributed by atoms with van der Waals surface area (Å²) in [4.78, 5) is 13.0. The fraction of sp³-hybridized carbons (Fsp3) is 0.0500. The third kappa shape index (κ3) is 3.10. The average molecular weight is 329 g/mol. The van der Waals surface area contributed by atoms with Crippen LogP contribution in [0.2, 0.25) is 0 Å². The van der Waals surface area contributed by atoms with Gasteiger partial charge in [0.05, 0.1) is 11.4 Å². The fourth-order valence-electron chi connectivity index (χ4n) is 2.75. The van der Waals surface area contributed by atoms with Crippen LogP contribution in [0.3, 0.4) is 0 Å². The predicted molar refractivity (Wildman–Crippen MR) is 97.7 cm³/mol. The third-order valence-electron chi connectivity index (χ3n) is 3.99. The highest BCUT2D eigenvalue weighted by Crippen LogP contribution is 2.26. The number of anilines is 2. The number of nitrogens with zero attached hydrogens (tertiary/aromatic N) is 3. The molecule has 2 amide bonds. The Morgan fingerprint density at radius 1 is 0.720 bits per heavy atom. The van der Waals surface area contributed by atoms with E-state index in [9.17, 15) is 4.79 Å². The summed E-state index contributed by atoms with van der Waals surface area (Å²) in [6, 6.07) is 28.6. The van der Waals surface area contributed by atoms with Crippen molar-refractivity contribution in [2.45, 2.75) is 6.17 Å². The number of amides is 2. The van der Waals surface area contributed by atoms with Crippen LogP contribution in [0.5, 0.6) is 0 Å². The predicted octanol–water partition coefficient (Wildman–Crippen LogP) is 3.86. The van der Waals surface area contributed by atoms with Crippen molar-refractivity contribution in [1.29, 1.82) is 0 Å². The minimum absolute atomic E-state index is 0.246. The second-order valence-corrected chi connectivity index (χ2v) is 5.66. The van der Waals surface area contributed by atoms with Crippen molar-refractivity contribution in [1.82, 2.24) is 10.9 Å². The van der Waals surface area contributed by atoms with Crippen LogP contribution >= 0.6 is 0 Å². The van der Waals surface area contributed by atoms with Crippen LogP contribution in [-0.4, -0.2) is 6.03 Å². The molecule has 0 aromatic heterocycles. The van der Waals surface area contributed by atoms with Crippen molar-refractivity contribution in [3.63, 3.8) is 0 Å². The zero-order valence-corrected chi connectivity index (χ0v) is 13.5. The van der Waals surface area contributed by atoms with Gasteiger partial charge in [-0.3, -0.25) is 0 Å². The number of hydrogen-bond acceptors (Lipinski definition) is 2. The highest BCUT2D eigenvalue weighted by atomic mass is 16.2. The number of rotatable bonds is 3. The van der Waals surface area contributed by atoms with Crippen molar-refractivity contribution in [2.75, 3.05) is 10.0 Å². The number of urea groups is 1. The zero-order valence-electron chi connectivity index (χ0n) is 13.5. The normalized spacial score (nSPS) is 15.4. The minimum Gasteiger partial charge on any atom is -0.245 e. The topological polar surface area (TPSA) is 49.7 Å². The number of para-hydroxylation sites is 2. The van der Waals surface area contributed by atoms with Crippen LogP contribution in [0.1, 0.15) is 11.7 Å². The standard InChI is InChI=1S/C20H17N4O/c25-20-23(17-12-6-2-7-13-17)21-19(16-10-4-1-5-11-16)22-24(20)18-14-8-3-9-15-18/h1-15,19,21H. The molecular weight excluding hydrogens is 312 g/mol. The van der Waals surface area contributed by atoms with E-state index < -0.39 is 0 Å². The Hall–Kier alpha value is -3.15. The van der Waals surface area contributed by atoms with Crippen molar-refractivity contribution in [2.24, 2.45) is 0 Å². The Bertz CT molecular complexity index is 788. The minimum atomic E-state index is -0.362. The summed E-state index contributed by atoms with van der Waals surface area (Å²) < 4.78 is 0. The molecule has 25 heavy (non-hydrogen) atoms. The summed E-state index contributed by atoms with van der Waals surface area (Å²) in [5.41, 5.74) is 10.3.